The van der Waals surface area contributed by atoms with E-state index in [-0.39, 0.29) is 50.3 Å². The van der Waals surface area contributed by atoms with Crippen molar-refractivity contribution in [2.24, 2.45) is 5.92 Å². The van der Waals surface area contributed by atoms with E-state index in [4.69, 9.17) is 9.84 Å². The Balaban J connectivity index is 1.42. The molecule has 3 N–H and O–H groups in total. The highest BCUT2D eigenvalue weighted by molar-refractivity contribution is 5.79. The number of carboxylic acid groups (broad SMARTS) is 1. The molecule has 7 heteroatoms. The van der Waals surface area contributed by atoms with Crippen molar-refractivity contribution in [2.45, 2.75) is 25.7 Å². The largest absolute Gasteiger partial charge is 0.481 e. The first-order valence-electron chi connectivity index (χ1n) is 10.0. The molecule has 0 saturated carbocycles. The number of hydrogen-bond acceptors (Lipinski definition) is 4. The summed E-state index contributed by atoms with van der Waals surface area (Å²) in [6.07, 6.45) is -0.466. The molecule has 0 saturated heterocycles. The van der Waals surface area contributed by atoms with Gasteiger partial charge in [0.05, 0.1) is 0 Å². The molecule has 1 unspecified atom stereocenters. The monoisotopic (exact) mass is 410 g/mol. The lowest BCUT2D eigenvalue weighted by Gasteiger charge is -2.14. The molecule has 1 aliphatic rings. The second kappa shape index (κ2) is 9.91. The van der Waals surface area contributed by atoms with Gasteiger partial charge in [0, 0.05) is 31.8 Å². The Morgan fingerprint density at radius 2 is 1.60 bits per heavy atom. The van der Waals surface area contributed by atoms with Crippen LogP contribution in [0.3, 0.4) is 0 Å². The third-order valence-electron chi connectivity index (χ3n) is 5.14. The summed E-state index contributed by atoms with van der Waals surface area (Å²) in [5.74, 6) is -1.30. The van der Waals surface area contributed by atoms with Crippen molar-refractivity contribution in [3.8, 4) is 11.1 Å². The van der Waals surface area contributed by atoms with Gasteiger partial charge in [-0.1, -0.05) is 55.5 Å². The topological polar surface area (TPSA) is 105 Å². The van der Waals surface area contributed by atoms with E-state index in [1.54, 1.807) is 6.92 Å². The zero-order chi connectivity index (χ0) is 21.5. The van der Waals surface area contributed by atoms with Gasteiger partial charge in [0.25, 0.3) is 0 Å². The van der Waals surface area contributed by atoms with Gasteiger partial charge in [-0.15, -0.1) is 0 Å². The van der Waals surface area contributed by atoms with Crippen LogP contribution in [0.5, 0.6) is 0 Å². The zero-order valence-corrected chi connectivity index (χ0v) is 16.9. The fraction of sp³-hybridized carbons (Fsp3) is 0.348. The Morgan fingerprint density at radius 1 is 1.00 bits per heavy atom. The molecule has 2 aromatic carbocycles. The second-order valence-electron chi connectivity index (χ2n) is 7.51. The van der Waals surface area contributed by atoms with Crippen LogP contribution in [0.1, 0.15) is 36.8 Å². The Labute approximate surface area is 175 Å². The minimum atomic E-state index is -0.895. The Hall–Kier alpha value is -3.35. The molecule has 0 aromatic heterocycles. The van der Waals surface area contributed by atoms with E-state index in [1.165, 1.54) is 0 Å². The van der Waals surface area contributed by atoms with E-state index < -0.39 is 12.1 Å². The van der Waals surface area contributed by atoms with Gasteiger partial charge in [-0.2, -0.15) is 0 Å². The molecule has 0 spiro atoms. The van der Waals surface area contributed by atoms with Crippen LogP contribution in [0, 0.1) is 5.92 Å². The SMILES string of the molecule is CC(CNC(=O)CCNC(=O)OCC1c2ccccc2-c2ccccc21)CC(=O)O. The quantitative estimate of drug-likeness (QED) is 0.589. The van der Waals surface area contributed by atoms with Crippen LogP contribution in [0.15, 0.2) is 48.5 Å². The van der Waals surface area contributed by atoms with Crippen molar-refractivity contribution in [3.63, 3.8) is 0 Å². The Kier molecular flexibility index (Phi) is 7.06. The maximum Gasteiger partial charge on any atom is 0.407 e. The lowest BCUT2D eigenvalue weighted by Crippen LogP contribution is -2.33. The summed E-state index contributed by atoms with van der Waals surface area (Å²) >= 11 is 0. The average Bonchev–Trinajstić information content (AvgIpc) is 3.04. The molecule has 158 valence electrons. The number of carboxylic acids is 1. The van der Waals surface area contributed by atoms with E-state index in [9.17, 15) is 14.4 Å². The number of amides is 2. The lowest BCUT2D eigenvalue weighted by molar-refractivity contribution is -0.138. The first-order chi connectivity index (χ1) is 14.5. The molecular formula is C23H26N2O5. The number of ether oxygens (including phenoxy) is 1. The van der Waals surface area contributed by atoms with Crippen LogP contribution in [-0.4, -0.2) is 42.8 Å². The van der Waals surface area contributed by atoms with Crippen molar-refractivity contribution < 1.29 is 24.2 Å². The van der Waals surface area contributed by atoms with Gasteiger partial charge < -0.3 is 20.5 Å². The van der Waals surface area contributed by atoms with E-state index >= 15 is 0 Å². The second-order valence-corrected chi connectivity index (χ2v) is 7.51. The Morgan fingerprint density at radius 3 is 2.20 bits per heavy atom. The number of benzene rings is 2. The van der Waals surface area contributed by atoms with Crippen molar-refractivity contribution in [1.82, 2.24) is 10.6 Å². The smallest absolute Gasteiger partial charge is 0.407 e. The number of hydrogen-bond donors (Lipinski definition) is 3. The third kappa shape index (κ3) is 5.37. The summed E-state index contributed by atoms with van der Waals surface area (Å²) in [7, 11) is 0. The molecule has 0 radical (unpaired) electrons. The normalized spacial score (nSPS) is 13.1. The standard InChI is InChI=1S/C23H26N2O5/c1-15(12-22(27)28)13-25-21(26)10-11-24-23(29)30-14-20-18-8-4-2-6-16(18)17-7-3-5-9-19(17)20/h2-9,15,20H,10-14H2,1H3,(H,24,29)(H,25,26)(H,27,28). The molecule has 3 rings (SSSR count). The lowest BCUT2D eigenvalue weighted by atomic mass is 9.98. The summed E-state index contributed by atoms with van der Waals surface area (Å²) in [5.41, 5.74) is 4.61. The summed E-state index contributed by atoms with van der Waals surface area (Å²) in [6, 6.07) is 16.2. The van der Waals surface area contributed by atoms with Crippen molar-refractivity contribution >= 4 is 18.0 Å². The minimum absolute atomic E-state index is 0.00171. The van der Waals surface area contributed by atoms with E-state index in [0.717, 1.165) is 22.3 Å². The van der Waals surface area contributed by atoms with Gasteiger partial charge in [-0.25, -0.2) is 4.79 Å². The molecule has 30 heavy (non-hydrogen) atoms. The summed E-state index contributed by atoms with van der Waals surface area (Å²) in [5, 5.41) is 14.0. The zero-order valence-electron chi connectivity index (χ0n) is 16.9. The molecule has 0 aliphatic heterocycles. The average molecular weight is 410 g/mol. The highest BCUT2D eigenvalue weighted by Gasteiger charge is 2.28. The Bertz CT molecular complexity index is 882. The molecule has 0 bridgehead atoms. The van der Waals surface area contributed by atoms with Gasteiger partial charge in [-0.05, 0) is 28.2 Å². The number of nitrogens with one attached hydrogen (secondary N) is 2. The molecule has 1 aliphatic carbocycles. The predicted molar refractivity (Wildman–Crippen MR) is 112 cm³/mol. The molecule has 0 heterocycles. The van der Waals surface area contributed by atoms with E-state index in [1.807, 2.05) is 24.3 Å². The summed E-state index contributed by atoms with van der Waals surface area (Å²) in [4.78, 5) is 34.5. The molecule has 7 nitrogen and oxygen atoms in total. The van der Waals surface area contributed by atoms with Gasteiger partial charge in [0.15, 0.2) is 0 Å². The summed E-state index contributed by atoms with van der Waals surface area (Å²) < 4.78 is 5.42. The molecule has 1 atom stereocenters. The van der Waals surface area contributed by atoms with Gasteiger partial charge >= 0.3 is 12.1 Å². The highest BCUT2D eigenvalue weighted by Crippen LogP contribution is 2.44. The highest BCUT2D eigenvalue weighted by atomic mass is 16.5. The number of fused-ring (bicyclic) bond motifs is 3. The fourth-order valence-corrected chi connectivity index (χ4v) is 3.67. The van der Waals surface area contributed by atoms with Crippen LogP contribution in [-0.2, 0) is 14.3 Å². The number of carbonyl (C=O) groups excluding carboxylic acids is 2. The first kappa shape index (κ1) is 21.4. The van der Waals surface area contributed by atoms with Crippen LogP contribution in [0.25, 0.3) is 11.1 Å². The first-order valence-corrected chi connectivity index (χ1v) is 10.0. The fourth-order valence-electron chi connectivity index (χ4n) is 3.67. The van der Waals surface area contributed by atoms with Crippen molar-refractivity contribution in [3.05, 3.63) is 59.7 Å². The summed E-state index contributed by atoms with van der Waals surface area (Å²) in [6.45, 7) is 2.41. The van der Waals surface area contributed by atoms with Crippen LogP contribution in [0.2, 0.25) is 0 Å². The third-order valence-corrected chi connectivity index (χ3v) is 5.14. The maximum atomic E-state index is 12.1. The maximum absolute atomic E-state index is 12.1. The van der Waals surface area contributed by atoms with Gasteiger partial charge in [-0.3, -0.25) is 9.59 Å². The molecular weight excluding hydrogens is 384 g/mol. The molecule has 2 aromatic rings. The van der Waals surface area contributed by atoms with Gasteiger partial charge in [0.1, 0.15) is 6.61 Å². The van der Waals surface area contributed by atoms with E-state index in [0.29, 0.717) is 0 Å². The number of rotatable bonds is 9. The number of aliphatic carboxylic acids is 1. The molecule has 0 fully saturated rings. The van der Waals surface area contributed by atoms with E-state index in [2.05, 4.69) is 34.9 Å². The van der Waals surface area contributed by atoms with Crippen molar-refractivity contribution in [1.29, 1.82) is 0 Å². The van der Waals surface area contributed by atoms with Crippen LogP contribution < -0.4 is 10.6 Å². The van der Waals surface area contributed by atoms with Crippen LogP contribution in [0.4, 0.5) is 4.79 Å². The number of carbonyl (C=O) groups is 3. The molecule has 2 amide bonds. The number of alkyl carbamates (subject to hydrolysis) is 1. The van der Waals surface area contributed by atoms with Crippen molar-refractivity contribution in [2.75, 3.05) is 19.7 Å². The minimum Gasteiger partial charge on any atom is -0.481 e. The predicted octanol–water partition coefficient (Wildman–Crippen LogP) is 3.14. The van der Waals surface area contributed by atoms with Crippen LogP contribution >= 0.6 is 0 Å². The van der Waals surface area contributed by atoms with Gasteiger partial charge in [0.2, 0.25) is 5.91 Å².